The highest BCUT2D eigenvalue weighted by atomic mass is 19.4. The zero-order chi connectivity index (χ0) is 17.7. The molecule has 0 aromatic heterocycles. The topological polar surface area (TPSA) is 75.6 Å². The van der Waals surface area contributed by atoms with Crippen LogP contribution in [0.5, 0.6) is 5.75 Å². The number of hydrogen-bond donors (Lipinski definition) is 2. The van der Waals surface area contributed by atoms with E-state index in [2.05, 4.69) is 10.1 Å². The molecule has 8 heteroatoms. The Labute approximate surface area is 131 Å². The van der Waals surface area contributed by atoms with Gasteiger partial charge in [0.25, 0.3) is 0 Å². The summed E-state index contributed by atoms with van der Waals surface area (Å²) in [5, 5.41) is 11.5. The number of carbonyl (C=O) groups excluding carboxylic acids is 1. The molecule has 0 aliphatic rings. The molecular formula is C15H18F3NO4. The minimum atomic E-state index is -4.79. The van der Waals surface area contributed by atoms with Crippen LogP contribution < -0.4 is 10.1 Å². The molecule has 0 radical (unpaired) electrons. The Kier molecular flexibility index (Phi) is 6.00. The summed E-state index contributed by atoms with van der Waals surface area (Å²) in [5.74, 6) is -1.77. The second-order valence-corrected chi connectivity index (χ2v) is 5.66. The lowest BCUT2D eigenvalue weighted by Gasteiger charge is -2.18. The minimum Gasteiger partial charge on any atom is -0.481 e. The first-order valence-electron chi connectivity index (χ1n) is 6.84. The summed E-state index contributed by atoms with van der Waals surface area (Å²) in [4.78, 5) is 22.7. The van der Waals surface area contributed by atoms with Crippen LogP contribution in [-0.4, -0.2) is 29.9 Å². The molecule has 1 aromatic carbocycles. The predicted molar refractivity (Wildman–Crippen MR) is 75.9 cm³/mol. The van der Waals surface area contributed by atoms with E-state index in [1.807, 2.05) is 0 Å². The van der Waals surface area contributed by atoms with Crippen molar-refractivity contribution in [3.05, 3.63) is 29.8 Å². The van der Waals surface area contributed by atoms with Crippen LogP contribution in [0.3, 0.4) is 0 Å². The molecule has 1 amide bonds. The molecule has 2 N–H and O–H groups in total. The Morgan fingerprint density at radius 3 is 2.48 bits per heavy atom. The maximum absolute atomic E-state index is 12.1. The second kappa shape index (κ2) is 7.34. The molecule has 0 atom stereocenters. The Bertz CT molecular complexity index is 570. The van der Waals surface area contributed by atoms with Crippen molar-refractivity contribution < 1.29 is 32.6 Å². The standard InChI is InChI=1S/C15H18F3NO4/c1-14(2,13(21)22)6-7-19-12(20)9-10-4-3-5-11(8-10)23-15(16,17)18/h3-5,8H,6-7,9H2,1-2H3,(H,19,20)(H,21,22). The summed E-state index contributed by atoms with van der Waals surface area (Å²) in [7, 11) is 0. The van der Waals surface area contributed by atoms with Gasteiger partial charge in [-0.15, -0.1) is 13.2 Å². The fraction of sp³-hybridized carbons (Fsp3) is 0.467. The Morgan fingerprint density at radius 2 is 1.91 bits per heavy atom. The molecule has 0 spiro atoms. The van der Waals surface area contributed by atoms with E-state index < -0.39 is 29.4 Å². The molecule has 0 unspecified atom stereocenters. The molecule has 0 fully saturated rings. The van der Waals surface area contributed by atoms with Gasteiger partial charge in [-0.2, -0.15) is 0 Å². The van der Waals surface area contributed by atoms with Gasteiger partial charge in [-0.05, 0) is 38.0 Å². The molecule has 1 aromatic rings. The first-order valence-corrected chi connectivity index (χ1v) is 6.84. The number of hydrogen-bond acceptors (Lipinski definition) is 3. The van der Waals surface area contributed by atoms with Gasteiger partial charge in [-0.25, -0.2) is 0 Å². The Morgan fingerprint density at radius 1 is 1.26 bits per heavy atom. The minimum absolute atomic E-state index is 0.122. The highest BCUT2D eigenvalue weighted by Gasteiger charge is 2.31. The van der Waals surface area contributed by atoms with Crippen LogP contribution in [0, 0.1) is 5.41 Å². The fourth-order valence-corrected chi connectivity index (χ4v) is 1.72. The van der Waals surface area contributed by atoms with E-state index in [0.717, 1.165) is 12.1 Å². The lowest BCUT2D eigenvalue weighted by Crippen LogP contribution is -2.32. The van der Waals surface area contributed by atoms with Crippen LogP contribution in [0.4, 0.5) is 13.2 Å². The van der Waals surface area contributed by atoms with E-state index >= 15 is 0 Å². The number of carboxylic acids is 1. The van der Waals surface area contributed by atoms with Crippen molar-refractivity contribution in [2.45, 2.75) is 33.1 Å². The normalized spacial score (nSPS) is 11.9. The van der Waals surface area contributed by atoms with Gasteiger partial charge in [0.1, 0.15) is 5.75 Å². The van der Waals surface area contributed by atoms with Crippen LogP contribution in [0.2, 0.25) is 0 Å². The SMILES string of the molecule is CC(C)(CCNC(=O)Cc1cccc(OC(F)(F)F)c1)C(=O)O. The molecule has 5 nitrogen and oxygen atoms in total. The van der Waals surface area contributed by atoms with Gasteiger partial charge in [0, 0.05) is 6.54 Å². The molecule has 0 aliphatic carbocycles. The first-order chi connectivity index (χ1) is 10.5. The summed E-state index contributed by atoms with van der Waals surface area (Å²) in [6, 6.07) is 5.14. The molecule has 0 aliphatic heterocycles. The highest BCUT2D eigenvalue weighted by Crippen LogP contribution is 2.23. The van der Waals surface area contributed by atoms with Crippen molar-refractivity contribution in [3.63, 3.8) is 0 Å². The van der Waals surface area contributed by atoms with E-state index in [1.54, 1.807) is 13.8 Å². The van der Waals surface area contributed by atoms with E-state index in [0.29, 0.717) is 5.56 Å². The molecular weight excluding hydrogens is 315 g/mol. The number of nitrogens with one attached hydrogen (secondary N) is 1. The highest BCUT2D eigenvalue weighted by molar-refractivity contribution is 5.79. The third-order valence-electron chi connectivity index (χ3n) is 3.15. The first kappa shape index (κ1) is 18.8. The smallest absolute Gasteiger partial charge is 0.481 e. The zero-order valence-corrected chi connectivity index (χ0v) is 12.7. The van der Waals surface area contributed by atoms with Crippen LogP contribution >= 0.6 is 0 Å². The number of ether oxygens (including phenoxy) is 1. The Hall–Kier alpha value is -2.25. The summed E-state index contributed by atoms with van der Waals surface area (Å²) in [5.41, 5.74) is -0.602. The monoisotopic (exact) mass is 333 g/mol. The molecule has 0 saturated carbocycles. The second-order valence-electron chi connectivity index (χ2n) is 5.66. The largest absolute Gasteiger partial charge is 0.573 e. The number of aliphatic carboxylic acids is 1. The van der Waals surface area contributed by atoms with Gasteiger partial charge in [-0.3, -0.25) is 9.59 Å². The molecule has 128 valence electrons. The van der Waals surface area contributed by atoms with Gasteiger partial charge < -0.3 is 15.2 Å². The van der Waals surface area contributed by atoms with Crippen molar-refractivity contribution in [2.75, 3.05) is 6.54 Å². The van der Waals surface area contributed by atoms with E-state index in [-0.39, 0.29) is 19.4 Å². The van der Waals surface area contributed by atoms with Crippen molar-refractivity contribution in [1.29, 1.82) is 0 Å². The van der Waals surface area contributed by atoms with Crippen LogP contribution in [0.15, 0.2) is 24.3 Å². The molecule has 0 heterocycles. The number of alkyl halides is 3. The van der Waals surface area contributed by atoms with Gasteiger partial charge in [0.2, 0.25) is 5.91 Å². The lowest BCUT2D eigenvalue weighted by molar-refractivity contribution is -0.274. The Balaban J connectivity index is 2.52. The third kappa shape index (κ3) is 7.03. The lowest BCUT2D eigenvalue weighted by atomic mass is 9.90. The number of rotatable bonds is 7. The number of halogens is 3. The van der Waals surface area contributed by atoms with Crippen LogP contribution in [0.1, 0.15) is 25.8 Å². The van der Waals surface area contributed by atoms with E-state index in [9.17, 15) is 22.8 Å². The quantitative estimate of drug-likeness (QED) is 0.804. The van der Waals surface area contributed by atoms with Gasteiger partial charge in [0.05, 0.1) is 11.8 Å². The van der Waals surface area contributed by atoms with Crippen LogP contribution in [-0.2, 0) is 16.0 Å². The summed E-state index contributed by atoms with van der Waals surface area (Å²) < 4.78 is 40.2. The van der Waals surface area contributed by atoms with Gasteiger partial charge in [-0.1, -0.05) is 12.1 Å². The average Bonchev–Trinajstić information content (AvgIpc) is 2.36. The summed E-state index contributed by atoms with van der Waals surface area (Å²) in [6.45, 7) is 3.25. The van der Waals surface area contributed by atoms with Gasteiger partial charge in [0.15, 0.2) is 0 Å². The van der Waals surface area contributed by atoms with Crippen molar-refractivity contribution in [2.24, 2.45) is 5.41 Å². The fourth-order valence-electron chi connectivity index (χ4n) is 1.72. The van der Waals surface area contributed by atoms with Crippen molar-refractivity contribution in [1.82, 2.24) is 5.32 Å². The molecule has 1 rings (SSSR count). The molecule has 0 bridgehead atoms. The van der Waals surface area contributed by atoms with E-state index in [4.69, 9.17) is 5.11 Å². The van der Waals surface area contributed by atoms with Crippen molar-refractivity contribution in [3.8, 4) is 5.75 Å². The average molecular weight is 333 g/mol. The maximum Gasteiger partial charge on any atom is 0.573 e. The van der Waals surface area contributed by atoms with Crippen molar-refractivity contribution >= 4 is 11.9 Å². The molecule has 0 saturated heterocycles. The van der Waals surface area contributed by atoms with E-state index in [1.165, 1.54) is 12.1 Å². The predicted octanol–water partition coefficient (Wildman–Crippen LogP) is 2.74. The van der Waals surface area contributed by atoms with Gasteiger partial charge >= 0.3 is 12.3 Å². The number of carbonyl (C=O) groups is 2. The number of carboxylic acid groups (broad SMARTS) is 1. The zero-order valence-electron chi connectivity index (χ0n) is 12.7. The maximum atomic E-state index is 12.1. The number of amides is 1. The molecule has 23 heavy (non-hydrogen) atoms. The van der Waals surface area contributed by atoms with Crippen LogP contribution in [0.25, 0.3) is 0 Å². The number of benzene rings is 1. The third-order valence-corrected chi connectivity index (χ3v) is 3.15. The summed E-state index contributed by atoms with van der Waals surface area (Å²) >= 11 is 0. The summed E-state index contributed by atoms with van der Waals surface area (Å²) in [6.07, 6.45) is -4.67.